The summed E-state index contributed by atoms with van der Waals surface area (Å²) in [6.45, 7) is 2.34. The summed E-state index contributed by atoms with van der Waals surface area (Å²) in [6.07, 6.45) is -0.714. The van der Waals surface area contributed by atoms with Crippen molar-refractivity contribution in [3.63, 3.8) is 0 Å². The second-order valence-corrected chi connectivity index (χ2v) is 8.64. The van der Waals surface area contributed by atoms with Crippen LogP contribution in [0.15, 0.2) is 48.5 Å². The highest BCUT2D eigenvalue weighted by Crippen LogP contribution is 2.44. The van der Waals surface area contributed by atoms with Gasteiger partial charge in [-0.3, -0.25) is 9.59 Å². The fourth-order valence-electron chi connectivity index (χ4n) is 4.81. The third-order valence-corrected chi connectivity index (χ3v) is 6.51. The number of carbonyl (C=O) groups is 3. The van der Waals surface area contributed by atoms with Crippen molar-refractivity contribution in [2.75, 3.05) is 33.4 Å². The van der Waals surface area contributed by atoms with E-state index in [1.807, 2.05) is 36.4 Å². The fourth-order valence-corrected chi connectivity index (χ4v) is 4.81. The summed E-state index contributed by atoms with van der Waals surface area (Å²) in [4.78, 5) is 38.4. The number of ether oxygens (including phenoxy) is 2. The van der Waals surface area contributed by atoms with E-state index in [2.05, 4.69) is 17.4 Å². The molecule has 0 spiro atoms. The summed E-state index contributed by atoms with van der Waals surface area (Å²) in [5, 5.41) is 11.9. The smallest absolute Gasteiger partial charge is 0.407 e. The van der Waals surface area contributed by atoms with Crippen LogP contribution < -0.4 is 5.32 Å². The van der Waals surface area contributed by atoms with Crippen molar-refractivity contribution >= 4 is 18.0 Å². The molecule has 2 amide bonds. The second kappa shape index (κ2) is 9.62. The molecule has 0 saturated carbocycles. The van der Waals surface area contributed by atoms with Crippen LogP contribution in [0, 0.1) is 11.8 Å². The van der Waals surface area contributed by atoms with Crippen molar-refractivity contribution < 1.29 is 29.0 Å². The number of nitrogens with one attached hydrogen (secondary N) is 1. The molecule has 1 aliphatic heterocycles. The van der Waals surface area contributed by atoms with Crippen LogP contribution in [0.1, 0.15) is 24.0 Å². The number of carbonyl (C=O) groups excluding carboxylic acids is 2. The molecule has 0 bridgehead atoms. The largest absolute Gasteiger partial charge is 0.481 e. The monoisotopic (exact) mass is 452 g/mol. The number of carboxylic acid groups (broad SMARTS) is 1. The Labute approximate surface area is 192 Å². The highest BCUT2D eigenvalue weighted by Gasteiger charge is 2.39. The van der Waals surface area contributed by atoms with Crippen LogP contribution in [0.4, 0.5) is 4.79 Å². The standard InChI is InChI=1S/C25H28N2O6/c1-15-11-27(12-20(15)24(29)30)23(28)22(14-32-2)26-25(31)33-13-21-18-9-5-3-7-16(18)17-8-4-6-10-19(17)21/h3-10,15,20-22H,11-14H2,1-2H3,(H,26,31)(H,29,30)/t15-,20-,22+/m1/s1. The van der Waals surface area contributed by atoms with Crippen LogP contribution >= 0.6 is 0 Å². The summed E-state index contributed by atoms with van der Waals surface area (Å²) < 4.78 is 10.7. The lowest BCUT2D eigenvalue weighted by atomic mass is 9.98. The van der Waals surface area contributed by atoms with Gasteiger partial charge >= 0.3 is 12.1 Å². The third kappa shape index (κ3) is 4.57. The zero-order valence-electron chi connectivity index (χ0n) is 18.7. The van der Waals surface area contributed by atoms with E-state index in [9.17, 15) is 19.5 Å². The van der Waals surface area contributed by atoms with Gasteiger partial charge in [0.2, 0.25) is 5.91 Å². The fraction of sp³-hybridized carbons (Fsp3) is 0.400. The topological polar surface area (TPSA) is 105 Å². The Morgan fingerprint density at radius 1 is 1.06 bits per heavy atom. The Bertz CT molecular complexity index is 1010. The first kappa shape index (κ1) is 22.8. The minimum absolute atomic E-state index is 0.0361. The van der Waals surface area contributed by atoms with E-state index >= 15 is 0 Å². The Balaban J connectivity index is 1.40. The molecule has 4 rings (SSSR count). The molecule has 33 heavy (non-hydrogen) atoms. The SMILES string of the molecule is COC[C@H](NC(=O)OCC1c2ccccc2-c2ccccc21)C(=O)N1C[C@@H](C)[C@H](C(=O)O)C1. The lowest BCUT2D eigenvalue weighted by Gasteiger charge is -2.24. The van der Waals surface area contributed by atoms with Crippen molar-refractivity contribution in [3.05, 3.63) is 59.7 Å². The Morgan fingerprint density at radius 3 is 2.21 bits per heavy atom. The molecule has 1 heterocycles. The van der Waals surface area contributed by atoms with Gasteiger partial charge in [-0.25, -0.2) is 4.79 Å². The van der Waals surface area contributed by atoms with E-state index < -0.39 is 24.0 Å². The van der Waals surface area contributed by atoms with Gasteiger partial charge < -0.3 is 24.8 Å². The van der Waals surface area contributed by atoms with Crippen LogP contribution in [0.25, 0.3) is 11.1 Å². The van der Waals surface area contributed by atoms with Crippen LogP contribution in [-0.4, -0.2) is 67.4 Å². The van der Waals surface area contributed by atoms with Crippen LogP contribution in [0.3, 0.4) is 0 Å². The van der Waals surface area contributed by atoms with Gasteiger partial charge in [-0.1, -0.05) is 55.5 Å². The number of amides is 2. The van der Waals surface area contributed by atoms with Gasteiger partial charge in [-0.2, -0.15) is 0 Å². The third-order valence-electron chi connectivity index (χ3n) is 6.51. The molecule has 1 fully saturated rings. The summed E-state index contributed by atoms with van der Waals surface area (Å²) in [5.41, 5.74) is 4.46. The second-order valence-electron chi connectivity index (χ2n) is 8.64. The maximum atomic E-state index is 13.0. The van der Waals surface area contributed by atoms with Gasteiger partial charge in [0.15, 0.2) is 0 Å². The molecule has 0 unspecified atom stereocenters. The molecule has 174 valence electrons. The predicted molar refractivity (Wildman–Crippen MR) is 121 cm³/mol. The lowest BCUT2D eigenvalue weighted by Crippen LogP contribution is -2.50. The number of likely N-dealkylation sites (tertiary alicyclic amines) is 1. The molecular weight excluding hydrogens is 424 g/mol. The van der Waals surface area contributed by atoms with Crippen LogP contribution in [0.5, 0.6) is 0 Å². The summed E-state index contributed by atoms with van der Waals surface area (Å²) in [6, 6.07) is 15.1. The van der Waals surface area contributed by atoms with Gasteiger partial charge in [0.1, 0.15) is 12.6 Å². The molecule has 0 radical (unpaired) electrons. The Kier molecular flexibility index (Phi) is 6.65. The molecule has 1 aliphatic carbocycles. The molecule has 2 aromatic carbocycles. The summed E-state index contributed by atoms with van der Waals surface area (Å²) in [7, 11) is 1.44. The number of methoxy groups -OCH3 is 1. The van der Waals surface area contributed by atoms with Gasteiger partial charge in [0.05, 0.1) is 12.5 Å². The minimum Gasteiger partial charge on any atom is -0.481 e. The van der Waals surface area contributed by atoms with Crippen LogP contribution in [0.2, 0.25) is 0 Å². The van der Waals surface area contributed by atoms with Crippen molar-refractivity contribution in [2.45, 2.75) is 18.9 Å². The van der Waals surface area contributed by atoms with Crippen LogP contribution in [-0.2, 0) is 19.1 Å². The van der Waals surface area contributed by atoms with Gasteiger partial charge in [0.25, 0.3) is 0 Å². The molecule has 2 aliphatic rings. The quantitative estimate of drug-likeness (QED) is 0.669. The zero-order chi connectivity index (χ0) is 23.5. The molecule has 8 nitrogen and oxygen atoms in total. The summed E-state index contributed by atoms with van der Waals surface area (Å²) >= 11 is 0. The predicted octanol–water partition coefficient (Wildman–Crippen LogP) is 2.72. The first-order valence-corrected chi connectivity index (χ1v) is 11.0. The highest BCUT2D eigenvalue weighted by atomic mass is 16.5. The van der Waals surface area contributed by atoms with Crippen molar-refractivity contribution in [1.29, 1.82) is 0 Å². The number of fused-ring (bicyclic) bond motifs is 3. The number of rotatable bonds is 7. The number of alkyl carbamates (subject to hydrolysis) is 1. The van der Waals surface area contributed by atoms with Gasteiger partial charge in [-0.15, -0.1) is 0 Å². The van der Waals surface area contributed by atoms with E-state index in [0.29, 0.717) is 6.54 Å². The van der Waals surface area contributed by atoms with E-state index in [-0.39, 0.29) is 37.5 Å². The van der Waals surface area contributed by atoms with E-state index in [1.165, 1.54) is 12.0 Å². The Hall–Kier alpha value is -3.39. The highest BCUT2D eigenvalue weighted by molar-refractivity contribution is 5.87. The number of carboxylic acids is 1. The van der Waals surface area contributed by atoms with Crippen molar-refractivity contribution in [1.82, 2.24) is 10.2 Å². The number of aliphatic carboxylic acids is 1. The molecular formula is C25H28N2O6. The normalized spacial score (nSPS) is 20.1. The minimum atomic E-state index is -0.953. The average molecular weight is 453 g/mol. The molecule has 8 heteroatoms. The number of hydrogen-bond donors (Lipinski definition) is 2. The number of nitrogens with zero attached hydrogens (tertiary/aromatic N) is 1. The lowest BCUT2D eigenvalue weighted by molar-refractivity contribution is -0.142. The van der Waals surface area contributed by atoms with E-state index in [0.717, 1.165) is 22.3 Å². The van der Waals surface area contributed by atoms with Gasteiger partial charge in [0, 0.05) is 26.1 Å². The Morgan fingerprint density at radius 2 is 1.67 bits per heavy atom. The number of benzene rings is 2. The average Bonchev–Trinajstić information content (AvgIpc) is 3.35. The first-order chi connectivity index (χ1) is 15.9. The maximum Gasteiger partial charge on any atom is 0.407 e. The first-order valence-electron chi connectivity index (χ1n) is 11.0. The molecule has 2 aromatic rings. The van der Waals surface area contributed by atoms with E-state index in [4.69, 9.17) is 9.47 Å². The van der Waals surface area contributed by atoms with Gasteiger partial charge in [-0.05, 0) is 28.2 Å². The van der Waals surface area contributed by atoms with Crippen molar-refractivity contribution in [2.24, 2.45) is 11.8 Å². The molecule has 1 saturated heterocycles. The van der Waals surface area contributed by atoms with E-state index in [1.54, 1.807) is 6.92 Å². The number of hydrogen-bond acceptors (Lipinski definition) is 5. The maximum absolute atomic E-state index is 13.0. The molecule has 2 N–H and O–H groups in total. The summed E-state index contributed by atoms with van der Waals surface area (Å²) in [5.74, 6) is -2.17. The molecule has 0 aromatic heterocycles. The van der Waals surface area contributed by atoms with Crippen molar-refractivity contribution in [3.8, 4) is 11.1 Å². The zero-order valence-corrected chi connectivity index (χ0v) is 18.7. The molecule has 3 atom stereocenters.